The van der Waals surface area contributed by atoms with Crippen LogP contribution in [0, 0.1) is 5.82 Å². The van der Waals surface area contributed by atoms with E-state index >= 15 is 0 Å². The molecule has 66 valence electrons. The van der Waals surface area contributed by atoms with Gasteiger partial charge in [0.25, 0.3) is 0 Å². The Hall–Kier alpha value is -0.960. The molecule has 1 aromatic rings. The lowest BCUT2D eigenvalue weighted by atomic mass is 10.2. The van der Waals surface area contributed by atoms with Crippen molar-refractivity contribution in [1.29, 1.82) is 0 Å². The van der Waals surface area contributed by atoms with E-state index in [2.05, 4.69) is 10.3 Å². The van der Waals surface area contributed by atoms with Crippen molar-refractivity contribution in [2.45, 2.75) is 26.4 Å². The van der Waals surface area contributed by atoms with Crippen molar-refractivity contribution >= 4 is 0 Å². The standard InChI is InChI=1S/C9H13FN2/c1-7(2)12-5-8-3-4-11-6-9(8)10/h3-4,6-7,12H,5H2,1-2H3. The normalized spacial score (nSPS) is 10.7. The van der Waals surface area contributed by atoms with E-state index in [1.165, 1.54) is 6.20 Å². The number of rotatable bonds is 3. The zero-order valence-corrected chi connectivity index (χ0v) is 7.34. The number of pyridine rings is 1. The molecular weight excluding hydrogens is 155 g/mol. The van der Waals surface area contributed by atoms with E-state index in [0.29, 0.717) is 18.2 Å². The molecule has 0 aliphatic carbocycles. The minimum atomic E-state index is -0.245. The fourth-order valence-corrected chi connectivity index (χ4v) is 0.861. The predicted molar refractivity (Wildman–Crippen MR) is 46.2 cm³/mol. The van der Waals surface area contributed by atoms with Crippen molar-refractivity contribution in [3.8, 4) is 0 Å². The zero-order valence-electron chi connectivity index (χ0n) is 7.34. The topological polar surface area (TPSA) is 24.9 Å². The quantitative estimate of drug-likeness (QED) is 0.743. The Morgan fingerprint density at radius 1 is 1.58 bits per heavy atom. The van der Waals surface area contributed by atoms with Gasteiger partial charge < -0.3 is 5.32 Å². The number of nitrogens with one attached hydrogen (secondary N) is 1. The van der Waals surface area contributed by atoms with Crippen molar-refractivity contribution in [3.63, 3.8) is 0 Å². The van der Waals surface area contributed by atoms with Crippen molar-refractivity contribution in [1.82, 2.24) is 10.3 Å². The Morgan fingerprint density at radius 3 is 2.92 bits per heavy atom. The minimum absolute atomic E-state index is 0.245. The van der Waals surface area contributed by atoms with Crippen molar-refractivity contribution in [2.24, 2.45) is 0 Å². The highest BCUT2D eigenvalue weighted by Gasteiger charge is 2.00. The molecule has 1 aromatic heterocycles. The second-order valence-corrected chi connectivity index (χ2v) is 3.00. The van der Waals surface area contributed by atoms with Gasteiger partial charge in [-0.1, -0.05) is 13.8 Å². The average molecular weight is 168 g/mol. The maximum atomic E-state index is 12.9. The molecule has 3 heteroatoms. The molecule has 1 rings (SSSR count). The maximum Gasteiger partial charge on any atom is 0.145 e. The molecule has 1 N–H and O–H groups in total. The first kappa shape index (κ1) is 9.13. The lowest BCUT2D eigenvalue weighted by molar-refractivity contribution is 0.550. The summed E-state index contributed by atoms with van der Waals surface area (Å²) in [5.41, 5.74) is 0.665. The van der Waals surface area contributed by atoms with Gasteiger partial charge in [0.1, 0.15) is 5.82 Å². The van der Waals surface area contributed by atoms with Gasteiger partial charge in [0, 0.05) is 24.3 Å². The van der Waals surface area contributed by atoms with Gasteiger partial charge in [0.05, 0.1) is 6.20 Å². The number of hydrogen-bond acceptors (Lipinski definition) is 2. The average Bonchev–Trinajstić information content (AvgIpc) is 2.03. The summed E-state index contributed by atoms with van der Waals surface area (Å²) in [5, 5.41) is 3.13. The first-order valence-corrected chi connectivity index (χ1v) is 4.02. The fourth-order valence-electron chi connectivity index (χ4n) is 0.861. The monoisotopic (exact) mass is 168 g/mol. The summed E-state index contributed by atoms with van der Waals surface area (Å²) < 4.78 is 12.9. The predicted octanol–water partition coefficient (Wildman–Crippen LogP) is 1.72. The highest BCUT2D eigenvalue weighted by Crippen LogP contribution is 2.03. The Bertz CT molecular complexity index is 248. The summed E-state index contributed by atoms with van der Waals surface area (Å²) >= 11 is 0. The molecule has 2 nitrogen and oxygen atoms in total. The largest absolute Gasteiger partial charge is 0.310 e. The van der Waals surface area contributed by atoms with Gasteiger partial charge in [-0.05, 0) is 6.07 Å². The van der Waals surface area contributed by atoms with Crippen LogP contribution in [0.5, 0.6) is 0 Å². The van der Waals surface area contributed by atoms with Gasteiger partial charge >= 0.3 is 0 Å². The van der Waals surface area contributed by atoms with Crippen LogP contribution >= 0.6 is 0 Å². The first-order chi connectivity index (χ1) is 5.70. The van der Waals surface area contributed by atoms with E-state index in [1.54, 1.807) is 12.3 Å². The smallest absolute Gasteiger partial charge is 0.145 e. The molecule has 0 fully saturated rings. The van der Waals surface area contributed by atoms with E-state index in [-0.39, 0.29) is 5.82 Å². The number of nitrogens with zero attached hydrogens (tertiary/aromatic N) is 1. The van der Waals surface area contributed by atoms with Crippen LogP contribution in [0.2, 0.25) is 0 Å². The van der Waals surface area contributed by atoms with Crippen LogP contribution in [0.1, 0.15) is 19.4 Å². The third-order valence-electron chi connectivity index (χ3n) is 1.56. The summed E-state index contributed by atoms with van der Waals surface area (Å²) in [4.78, 5) is 3.67. The molecule has 0 spiro atoms. The second kappa shape index (κ2) is 4.16. The first-order valence-electron chi connectivity index (χ1n) is 4.02. The Balaban J connectivity index is 2.57. The summed E-state index contributed by atoms with van der Waals surface area (Å²) in [7, 11) is 0. The molecule has 0 radical (unpaired) electrons. The third kappa shape index (κ3) is 2.58. The van der Waals surface area contributed by atoms with Crippen molar-refractivity contribution in [3.05, 3.63) is 29.8 Å². The summed E-state index contributed by atoms with van der Waals surface area (Å²) in [6.07, 6.45) is 2.83. The molecule has 0 atom stereocenters. The molecule has 0 saturated carbocycles. The van der Waals surface area contributed by atoms with Crippen LogP contribution in [-0.4, -0.2) is 11.0 Å². The SMILES string of the molecule is CC(C)NCc1ccncc1F. The molecule has 0 aromatic carbocycles. The van der Waals surface area contributed by atoms with Crippen LogP contribution in [0.15, 0.2) is 18.5 Å². The van der Waals surface area contributed by atoms with Crippen LogP contribution in [0.25, 0.3) is 0 Å². The maximum absolute atomic E-state index is 12.9. The highest BCUT2D eigenvalue weighted by atomic mass is 19.1. The van der Waals surface area contributed by atoms with Crippen LogP contribution in [0.3, 0.4) is 0 Å². The number of halogens is 1. The summed E-state index contributed by atoms with van der Waals surface area (Å²) in [5.74, 6) is -0.245. The molecule has 0 saturated heterocycles. The Labute approximate surface area is 71.8 Å². The zero-order chi connectivity index (χ0) is 8.97. The van der Waals surface area contributed by atoms with Gasteiger partial charge in [-0.3, -0.25) is 4.98 Å². The highest BCUT2D eigenvalue weighted by molar-refractivity contribution is 5.11. The molecule has 0 aliphatic heterocycles. The summed E-state index contributed by atoms with van der Waals surface area (Å²) in [6, 6.07) is 2.06. The van der Waals surface area contributed by atoms with E-state index < -0.39 is 0 Å². The van der Waals surface area contributed by atoms with Crippen LogP contribution in [0.4, 0.5) is 4.39 Å². The lowest BCUT2D eigenvalue weighted by Crippen LogP contribution is -2.22. The van der Waals surface area contributed by atoms with Crippen LogP contribution < -0.4 is 5.32 Å². The molecule has 12 heavy (non-hydrogen) atoms. The molecular formula is C9H13FN2. The molecule has 1 heterocycles. The minimum Gasteiger partial charge on any atom is -0.310 e. The van der Waals surface area contributed by atoms with Gasteiger partial charge in [0.2, 0.25) is 0 Å². The van der Waals surface area contributed by atoms with Gasteiger partial charge in [-0.15, -0.1) is 0 Å². The number of hydrogen-bond donors (Lipinski definition) is 1. The van der Waals surface area contributed by atoms with E-state index in [4.69, 9.17) is 0 Å². The van der Waals surface area contributed by atoms with Gasteiger partial charge in [-0.25, -0.2) is 4.39 Å². The fraction of sp³-hybridized carbons (Fsp3) is 0.444. The summed E-state index contributed by atoms with van der Waals surface area (Å²) in [6.45, 7) is 4.62. The van der Waals surface area contributed by atoms with E-state index in [0.717, 1.165) is 0 Å². The van der Waals surface area contributed by atoms with Crippen LogP contribution in [-0.2, 0) is 6.54 Å². The molecule has 0 amide bonds. The van der Waals surface area contributed by atoms with E-state index in [9.17, 15) is 4.39 Å². The van der Waals surface area contributed by atoms with Gasteiger partial charge in [-0.2, -0.15) is 0 Å². The van der Waals surface area contributed by atoms with Crippen molar-refractivity contribution in [2.75, 3.05) is 0 Å². The Kier molecular flexibility index (Phi) is 3.17. The third-order valence-corrected chi connectivity index (χ3v) is 1.56. The van der Waals surface area contributed by atoms with Gasteiger partial charge in [0.15, 0.2) is 0 Å². The Morgan fingerprint density at radius 2 is 2.33 bits per heavy atom. The van der Waals surface area contributed by atoms with E-state index in [1.807, 2.05) is 13.8 Å². The number of aromatic nitrogens is 1. The van der Waals surface area contributed by atoms with Crippen molar-refractivity contribution < 1.29 is 4.39 Å². The molecule has 0 unspecified atom stereocenters. The lowest BCUT2D eigenvalue weighted by Gasteiger charge is -2.07. The molecule has 0 bridgehead atoms. The molecule has 0 aliphatic rings. The second-order valence-electron chi connectivity index (χ2n) is 3.00.